The smallest absolute Gasteiger partial charge is 0.132 e. The summed E-state index contributed by atoms with van der Waals surface area (Å²) in [7, 11) is 0. The summed E-state index contributed by atoms with van der Waals surface area (Å²) >= 11 is 5.74. The lowest BCUT2D eigenvalue weighted by molar-refractivity contribution is 0.210. The molecular weight excluding hydrogens is 186 g/mol. The second-order valence-corrected chi connectivity index (χ2v) is 3.73. The molecule has 0 spiro atoms. The van der Waals surface area contributed by atoms with Crippen LogP contribution < -0.4 is 4.74 Å². The monoisotopic (exact) mass is 197 g/mol. The van der Waals surface area contributed by atoms with Crippen LogP contribution in [0.15, 0.2) is 18.3 Å². The maximum absolute atomic E-state index is 5.74. The van der Waals surface area contributed by atoms with Crippen molar-refractivity contribution in [3.05, 3.63) is 23.5 Å². The van der Waals surface area contributed by atoms with Crippen LogP contribution in [-0.2, 0) is 0 Å². The van der Waals surface area contributed by atoms with Gasteiger partial charge in [-0.2, -0.15) is 0 Å². The van der Waals surface area contributed by atoms with Crippen molar-refractivity contribution >= 4 is 11.6 Å². The molecule has 1 aromatic heterocycles. The first kappa shape index (κ1) is 8.82. The third kappa shape index (κ3) is 2.34. The van der Waals surface area contributed by atoms with E-state index in [1.807, 2.05) is 6.07 Å². The number of ether oxygens (including phenoxy) is 1. The van der Waals surface area contributed by atoms with Gasteiger partial charge in [-0.25, -0.2) is 4.98 Å². The summed E-state index contributed by atoms with van der Waals surface area (Å²) in [6, 6.07) is 3.62. The first-order chi connectivity index (χ1) is 6.34. The number of pyridine rings is 1. The van der Waals surface area contributed by atoms with E-state index in [4.69, 9.17) is 16.3 Å². The summed E-state index contributed by atoms with van der Waals surface area (Å²) in [4.78, 5) is 3.90. The van der Waals surface area contributed by atoms with Crippen molar-refractivity contribution in [3.8, 4) is 5.75 Å². The predicted molar refractivity (Wildman–Crippen MR) is 52.1 cm³/mol. The summed E-state index contributed by atoms with van der Waals surface area (Å²) < 4.78 is 5.73. The number of aromatic nitrogens is 1. The van der Waals surface area contributed by atoms with Crippen molar-refractivity contribution in [1.29, 1.82) is 0 Å². The molecule has 1 fully saturated rings. The molecule has 0 bridgehead atoms. The topological polar surface area (TPSA) is 22.1 Å². The molecule has 1 aromatic rings. The largest absolute Gasteiger partial charge is 0.490 e. The van der Waals surface area contributed by atoms with E-state index >= 15 is 0 Å². The highest BCUT2D eigenvalue weighted by molar-refractivity contribution is 6.29. The second-order valence-electron chi connectivity index (χ2n) is 3.34. The van der Waals surface area contributed by atoms with Gasteiger partial charge in [-0.3, -0.25) is 0 Å². The summed E-state index contributed by atoms with van der Waals surface area (Å²) in [6.45, 7) is 0. The SMILES string of the molecule is Clc1cc(OC2CCCC2)ccn1. The van der Waals surface area contributed by atoms with E-state index < -0.39 is 0 Å². The van der Waals surface area contributed by atoms with E-state index in [1.54, 1.807) is 12.3 Å². The van der Waals surface area contributed by atoms with Crippen LogP contribution in [0.4, 0.5) is 0 Å². The molecule has 70 valence electrons. The Balaban J connectivity index is 2.00. The fourth-order valence-electron chi connectivity index (χ4n) is 1.66. The van der Waals surface area contributed by atoms with Crippen molar-refractivity contribution < 1.29 is 4.74 Å². The first-order valence-electron chi connectivity index (χ1n) is 4.63. The second kappa shape index (κ2) is 3.97. The van der Waals surface area contributed by atoms with Crippen LogP contribution in [0.5, 0.6) is 5.75 Å². The molecule has 1 heterocycles. The minimum Gasteiger partial charge on any atom is -0.490 e. The zero-order chi connectivity index (χ0) is 9.10. The Morgan fingerprint density at radius 3 is 2.85 bits per heavy atom. The van der Waals surface area contributed by atoms with Crippen molar-refractivity contribution in [3.63, 3.8) is 0 Å². The Labute approximate surface area is 82.9 Å². The summed E-state index contributed by atoms with van der Waals surface area (Å²) in [5.74, 6) is 0.840. The lowest BCUT2D eigenvalue weighted by Gasteiger charge is -2.12. The average molecular weight is 198 g/mol. The van der Waals surface area contributed by atoms with Gasteiger partial charge in [0.15, 0.2) is 0 Å². The van der Waals surface area contributed by atoms with Gasteiger partial charge in [0.05, 0.1) is 6.10 Å². The Morgan fingerprint density at radius 2 is 2.15 bits per heavy atom. The van der Waals surface area contributed by atoms with Crippen LogP contribution in [-0.4, -0.2) is 11.1 Å². The maximum atomic E-state index is 5.74. The minimum atomic E-state index is 0.387. The average Bonchev–Trinajstić information content (AvgIpc) is 2.57. The van der Waals surface area contributed by atoms with Gasteiger partial charge in [0.2, 0.25) is 0 Å². The number of hydrogen-bond donors (Lipinski definition) is 0. The van der Waals surface area contributed by atoms with Gasteiger partial charge in [-0.05, 0) is 31.7 Å². The number of nitrogens with zero attached hydrogens (tertiary/aromatic N) is 1. The third-order valence-electron chi connectivity index (χ3n) is 2.30. The first-order valence-corrected chi connectivity index (χ1v) is 5.00. The highest BCUT2D eigenvalue weighted by Gasteiger charge is 2.16. The van der Waals surface area contributed by atoms with E-state index in [0.717, 1.165) is 5.75 Å². The highest BCUT2D eigenvalue weighted by Crippen LogP contribution is 2.24. The van der Waals surface area contributed by atoms with Crippen LogP contribution in [0.2, 0.25) is 5.15 Å². The van der Waals surface area contributed by atoms with E-state index in [1.165, 1.54) is 25.7 Å². The zero-order valence-electron chi connectivity index (χ0n) is 7.37. The Bertz CT molecular complexity index is 284. The molecule has 1 aliphatic carbocycles. The highest BCUT2D eigenvalue weighted by atomic mass is 35.5. The molecule has 2 rings (SSSR count). The Morgan fingerprint density at radius 1 is 1.38 bits per heavy atom. The molecule has 2 nitrogen and oxygen atoms in total. The van der Waals surface area contributed by atoms with E-state index in [2.05, 4.69) is 4.98 Å². The fourth-order valence-corrected chi connectivity index (χ4v) is 1.82. The quantitative estimate of drug-likeness (QED) is 0.680. The lowest BCUT2D eigenvalue weighted by atomic mass is 10.3. The van der Waals surface area contributed by atoms with E-state index in [9.17, 15) is 0 Å². The number of halogens is 1. The van der Waals surface area contributed by atoms with Crippen molar-refractivity contribution in [2.75, 3.05) is 0 Å². The van der Waals surface area contributed by atoms with Crippen LogP contribution >= 0.6 is 11.6 Å². The van der Waals surface area contributed by atoms with Gasteiger partial charge in [0.1, 0.15) is 10.9 Å². The van der Waals surface area contributed by atoms with Gasteiger partial charge < -0.3 is 4.74 Å². The molecule has 1 saturated carbocycles. The lowest BCUT2D eigenvalue weighted by Crippen LogP contribution is -2.10. The predicted octanol–water partition coefficient (Wildman–Crippen LogP) is 3.06. The fraction of sp³-hybridized carbons (Fsp3) is 0.500. The molecule has 0 N–H and O–H groups in total. The van der Waals surface area contributed by atoms with Gasteiger partial charge in [0, 0.05) is 12.3 Å². The van der Waals surface area contributed by atoms with Gasteiger partial charge in [-0.1, -0.05) is 11.6 Å². The molecule has 1 aliphatic rings. The number of rotatable bonds is 2. The molecule has 13 heavy (non-hydrogen) atoms. The van der Waals surface area contributed by atoms with Gasteiger partial charge >= 0.3 is 0 Å². The van der Waals surface area contributed by atoms with Crippen molar-refractivity contribution in [1.82, 2.24) is 4.98 Å². The van der Waals surface area contributed by atoms with Gasteiger partial charge in [0.25, 0.3) is 0 Å². The summed E-state index contributed by atoms with van der Waals surface area (Å²) in [5.41, 5.74) is 0. The van der Waals surface area contributed by atoms with E-state index in [-0.39, 0.29) is 0 Å². The summed E-state index contributed by atoms with van der Waals surface area (Å²) in [5, 5.41) is 0.496. The Kier molecular flexibility index (Phi) is 2.69. The summed E-state index contributed by atoms with van der Waals surface area (Å²) in [6.07, 6.45) is 6.96. The minimum absolute atomic E-state index is 0.387. The molecule has 0 radical (unpaired) electrons. The molecule has 0 aromatic carbocycles. The molecule has 0 saturated heterocycles. The number of hydrogen-bond acceptors (Lipinski definition) is 2. The maximum Gasteiger partial charge on any atom is 0.132 e. The molecule has 0 atom stereocenters. The standard InChI is InChI=1S/C10H12ClNO/c11-10-7-9(5-6-12-10)13-8-3-1-2-4-8/h5-8H,1-4H2. The van der Waals surface area contributed by atoms with Crippen molar-refractivity contribution in [2.24, 2.45) is 0 Å². The van der Waals surface area contributed by atoms with Crippen LogP contribution in [0, 0.1) is 0 Å². The molecule has 0 unspecified atom stereocenters. The van der Waals surface area contributed by atoms with E-state index in [0.29, 0.717) is 11.3 Å². The Hall–Kier alpha value is -0.760. The molecule has 0 aliphatic heterocycles. The van der Waals surface area contributed by atoms with Crippen molar-refractivity contribution in [2.45, 2.75) is 31.8 Å². The zero-order valence-corrected chi connectivity index (χ0v) is 8.13. The third-order valence-corrected chi connectivity index (χ3v) is 2.51. The van der Waals surface area contributed by atoms with Crippen LogP contribution in [0.25, 0.3) is 0 Å². The molecule has 3 heteroatoms. The van der Waals surface area contributed by atoms with Crippen LogP contribution in [0.3, 0.4) is 0 Å². The molecule has 0 amide bonds. The molecular formula is C10H12ClNO. The van der Waals surface area contributed by atoms with Gasteiger partial charge in [-0.15, -0.1) is 0 Å². The van der Waals surface area contributed by atoms with Crippen LogP contribution in [0.1, 0.15) is 25.7 Å². The normalized spacial score (nSPS) is 17.6.